The van der Waals surface area contributed by atoms with E-state index < -0.39 is 7.12 Å². The van der Waals surface area contributed by atoms with E-state index in [0.29, 0.717) is 4.78 Å². The first-order valence-corrected chi connectivity index (χ1v) is 5.84. The molecule has 0 amide bonds. The minimum Gasteiger partial charge on any atom is -0.423 e. The van der Waals surface area contributed by atoms with Crippen molar-refractivity contribution in [2.75, 3.05) is 0 Å². The number of hydrogen-bond acceptors (Lipinski definition) is 3. The molecule has 1 heterocycles. The van der Waals surface area contributed by atoms with Crippen molar-refractivity contribution >= 4 is 44.1 Å². The van der Waals surface area contributed by atoms with E-state index in [1.165, 1.54) is 22.1 Å². The molecule has 0 fully saturated rings. The van der Waals surface area contributed by atoms with Crippen LogP contribution in [0.4, 0.5) is 0 Å². The lowest BCUT2D eigenvalue weighted by Gasteiger charge is -1.96. The summed E-state index contributed by atoms with van der Waals surface area (Å²) in [5.41, 5.74) is 0. The molecule has 3 aromatic rings. The Bertz CT molecular complexity index is 608. The van der Waals surface area contributed by atoms with E-state index in [0.717, 1.165) is 10.1 Å². The fourth-order valence-corrected chi connectivity index (χ4v) is 2.84. The minimum atomic E-state index is -1.37. The van der Waals surface area contributed by atoms with Gasteiger partial charge in [0, 0.05) is 9.48 Å². The van der Waals surface area contributed by atoms with E-state index in [2.05, 4.69) is 24.3 Å². The summed E-state index contributed by atoms with van der Waals surface area (Å²) in [5.74, 6) is 0. The van der Waals surface area contributed by atoms with Crippen molar-refractivity contribution in [2.24, 2.45) is 0 Å². The molecule has 0 saturated heterocycles. The zero-order valence-corrected chi connectivity index (χ0v) is 9.24. The van der Waals surface area contributed by atoms with E-state index in [1.54, 1.807) is 0 Å². The van der Waals surface area contributed by atoms with Gasteiger partial charge in [-0.3, -0.25) is 0 Å². The number of thiophene rings is 1. The lowest BCUT2D eigenvalue weighted by atomic mass is 9.89. The Kier molecular flexibility index (Phi) is 2.21. The molecule has 0 radical (unpaired) electrons. The van der Waals surface area contributed by atoms with Crippen LogP contribution in [0, 0.1) is 0 Å². The number of rotatable bonds is 1. The normalized spacial score (nSPS) is 11.1. The standard InChI is InChI=1S/C12H9BO2S/c14-13(15)12-7-10-5-8-3-1-2-4-9(8)6-11(10)16-12/h1-7,14-15H. The molecular formula is C12H9BO2S. The van der Waals surface area contributed by atoms with E-state index in [4.69, 9.17) is 10.0 Å². The van der Waals surface area contributed by atoms with Crippen LogP contribution in [0.1, 0.15) is 0 Å². The average Bonchev–Trinajstić information content (AvgIpc) is 2.68. The van der Waals surface area contributed by atoms with Crippen LogP contribution in [0.2, 0.25) is 0 Å². The average molecular weight is 228 g/mol. The van der Waals surface area contributed by atoms with Crippen LogP contribution >= 0.6 is 11.3 Å². The first-order valence-electron chi connectivity index (χ1n) is 5.02. The van der Waals surface area contributed by atoms with Crippen molar-refractivity contribution in [2.45, 2.75) is 0 Å². The molecule has 0 spiro atoms. The summed E-state index contributed by atoms with van der Waals surface area (Å²) in [7, 11) is -1.37. The van der Waals surface area contributed by atoms with E-state index in [9.17, 15) is 0 Å². The topological polar surface area (TPSA) is 40.5 Å². The Morgan fingerprint density at radius 3 is 2.25 bits per heavy atom. The Balaban J connectivity index is 2.34. The van der Waals surface area contributed by atoms with Gasteiger partial charge in [0.05, 0.1) is 0 Å². The highest BCUT2D eigenvalue weighted by atomic mass is 32.1. The monoisotopic (exact) mass is 228 g/mol. The van der Waals surface area contributed by atoms with Gasteiger partial charge in [0.25, 0.3) is 0 Å². The molecule has 0 atom stereocenters. The van der Waals surface area contributed by atoms with Crippen molar-refractivity contribution in [3.8, 4) is 0 Å². The zero-order chi connectivity index (χ0) is 11.1. The molecule has 3 rings (SSSR count). The van der Waals surface area contributed by atoms with E-state index in [-0.39, 0.29) is 0 Å². The molecule has 0 aliphatic rings. The highest BCUT2D eigenvalue weighted by molar-refractivity contribution is 7.27. The number of hydrogen-bond donors (Lipinski definition) is 2. The fourth-order valence-electron chi connectivity index (χ4n) is 1.88. The van der Waals surface area contributed by atoms with Gasteiger partial charge in [-0.1, -0.05) is 24.3 Å². The Morgan fingerprint density at radius 1 is 0.875 bits per heavy atom. The second kappa shape index (κ2) is 3.59. The van der Waals surface area contributed by atoms with Crippen molar-refractivity contribution in [3.05, 3.63) is 42.5 Å². The minimum absolute atomic E-state index is 0.588. The van der Waals surface area contributed by atoms with Gasteiger partial charge in [-0.25, -0.2) is 0 Å². The molecule has 0 unspecified atom stereocenters. The summed E-state index contributed by atoms with van der Waals surface area (Å²) in [4.78, 5) is 0. The lowest BCUT2D eigenvalue weighted by Crippen LogP contribution is -2.26. The maximum absolute atomic E-state index is 9.13. The largest absolute Gasteiger partial charge is 0.499 e. The summed E-state index contributed by atoms with van der Waals surface area (Å²) >= 11 is 1.42. The molecule has 78 valence electrons. The van der Waals surface area contributed by atoms with Crippen molar-refractivity contribution in [3.63, 3.8) is 0 Å². The van der Waals surface area contributed by atoms with Crippen LogP contribution in [-0.2, 0) is 0 Å². The van der Waals surface area contributed by atoms with Gasteiger partial charge in [-0.2, -0.15) is 0 Å². The molecule has 2 nitrogen and oxygen atoms in total. The van der Waals surface area contributed by atoms with Crippen molar-refractivity contribution < 1.29 is 10.0 Å². The van der Waals surface area contributed by atoms with Crippen molar-refractivity contribution in [1.29, 1.82) is 0 Å². The van der Waals surface area contributed by atoms with Crippen LogP contribution < -0.4 is 4.78 Å². The van der Waals surface area contributed by atoms with Gasteiger partial charge in [0.15, 0.2) is 0 Å². The Labute approximate surface area is 96.9 Å². The summed E-state index contributed by atoms with van der Waals surface area (Å²) in [6.45, 7) is 0. The van der Waals surface area contributed by atoms with Gasteiger partial charge in [0.1, 0.15) is 0 Å². The first-order chi connectivity index (χ1) is 7.74. The first kappa shape index (κ1) is 9.84. The predicted octanol–water partition coefficient (Wildman–Crippen LogP) is 1.73. The number of benzene rings is 2. The van der Waals surface area contributed by atoms with E-state index in [1.807, 2.05) is 18.2 Å². The van der Waals surface area contributed by atoms with Gasteiger partial charge in [0.2, 0.25) is 0 Å². The van der Waals surface area contributed by atoms with Crippen LogP contribution in [0.15, 0.2) is 42.5 Å². The third-order valence-corrected chi connectivity index (χ3v) is 3.80. The summed E-state index contributed by atoms with van der Waals surface area (Å²) in [5, 5.41) is 21.7. The highest BCUT2D eigenvalue weighted by Gasteiger charge is 2.14. The van der Waals surface area contributed by atoms with Gasteiger partial charge in [-0.15, -0.1) is 11.3 Å². The van der Waals surface area contributed by atoms with Crippen LogP contribution in [0.25, 0.3) is 20.9 Å². The highest BCUT2D eigenvalue weighted by Crippen LogP contribution is 2.25. The Morgan fingerprint density at radius 2 is 1.56 bits per heavy atom. The molecule has 1 aromatic heterocycles. The van der Waals surface area contributed by atoms with Crippen molar-refractivity contribution in [1.82, 2.24) is 0 Å². The summed E-state index contributed by atoms with van der Waals surface area (Å²) < 4.78 is 1.67. The smallest absolute Gasteiger partial charge is 0.423 e. The molecule has 2 N–H and O–H groups in total. The van der Waals surface area contributed by atoms with Gasteiger partial charge >= 0.3 is 7.12 Å². The molecule has 0 aliphatic carbocycles. The predicted molar refractivity (Wildman–Crippen MR) is 69.2 cm³/mol. The maximum Gasteiger partial charge on any atom is 0.499 e. The maximum atomic E-state index is 9.13. The molecule has 0 bridgehead atoms. The fraction of sp³-hybridized carbons (Fsp3) is 0. The molecule has 16 heavy (non-hydrogen) atoms. The molecule has 0 aliphatic heterocycles. The number of fused-ring (bicyclic) bond motifs is 2. The van der Waals surface area contributed by atoms with Crippen LogP contribution in [-0.4, -0.2) is 17.2 Å². The summed E-state index contributed by atoms with van der Waals surface area (Å²) in [6.07, 6.45) is 0. The Hall–Kier alpha value is -1.36. The SMILES string of the molecule is OB(O)c1cc2cc3ccccc3cc2s1. The zero-order valence-electron chi connectivity index (χ0n) is 8.42. The summed E-state index contributed by atoms with van der Waals surface area (Å²) in [6, 6.07) is 14.1. The van der Waals surface area contributed by atoms with Gasteiger partial charge < -0.3 is 10.0 Å². The van der Waals surface area contributed by atoms with Gasteiger partial charge in [-0.05, 0) is 34.4 Å². The van der Waals surface area contributed by atoms with E-state index >= 15 is 0 Å². The third kappa shape index (κ3) is 1.51. The van der Waals surface area contributed by atoms with Crippen LogP contribution in [0.5, 0.6) is 0 Å². The quantitative estimate of drug-likeness (QED) is 0.622. The molecule has 4 heteroatoms. The second-order valence-electron chi connectivity index (χ2n) is 3.76. The molecular weight excluding hydrogens is 219 g/mol. The lowest BCUT2D eigenvalue weighted by molar-refractivity contribution is 0.427. The third-order valence-electron chi connectivity index (χ3n) is 2.66. The molecule has 2 aromatic carbocycles. The second-order valence-corrected chi connectivity index (χ2v) is 4.87. The van der Waals surface area contributed by atoms with Crippen LogP contribution in [0.3, 0.4) is 0 Å². The molecule has 0 saturated carbocycles.